The maximum Gasteiger partial charge on any atom is 0.429 e. The number of aromatic nitrogens is 4. The summed E-state index contributed by atoms with van der Waals surface area (Å²) in [6, 6.07) is 6.85. The summed E-state index contributed by atoms with van der Waals surface area (Å²) in [4.78, 5) is 22.7. The number of ether oxygens (including phenoxy) is 1. The zero-order valence-electron chi connectivity index (χ0n) is 25.0. The lowest BCUT2D eigenvalue weighted by Gasteiger charge is -2.39. The number of hydrogen-bond donors (Lipinski definition) is 3. The van der Waals surface area contributed by atoms with E-state index in [0.29, 0.717) is 37.6 Å². The van der Waals surface area contributed by atoms with E-state index in [1.54, 1.807) is 19.2 Å². The van der Waals surface area contributed by atoms with Gasteiger partial charge in [-0.2, -0.15) is 28.2 Å². The third-order valence-corrected chi connectivity index (χ3v) is 9.45. The first-order valence-corrected chi connectivity index (χ1v) is 15.8. The largest absolute Gasteiger partial charge is 0.480 e. The van der Waals surface area contributed by atoms with Gasteiger partial charge in [-0.15, -0.1) is 0 Å². The van der Waals surface area contributed by atoms with Gasteiger partial charge < -0.3 is 25.4 Å². The number of carboxylic acid groups (broad SMARTS) is 1. The summed E-state index contributed by atoms with van der Waals surface area (Å²) in [6.07, 6.45) is 1.56. The van der Waals surface area contributed by atoms with E-state index >= 15 is 0 Å². The van der Waals surface area contributed by atoms with E-state index < -0.39 is 24.3 Å². The number of nitrogens with one attached hydrogen (secondary N) is 2. The first-order valence-electron chi connectivity index (χ1n) is 15.4. The van der Waals surface area contributed by atoms with Crippen molar-refractivity contribution in [2.75, 3.05) is 29.9 Å². The summed E-state index contributed by atoms with van der Waals surface area (Å²) in [7, 11) is 0. The second kappa shape index (κ2) is 12.7. The summed E-state index contributed by atoms with van der Waals surface area (Å²) in [6.45, 7) is 3.53. The molecular formula is C31H37ClF3N7O3. The zero-order chi connectivity index (χ0) is 31.8. The predicted octanol–water partition coefficient (Wildman–Crippen LogP) is 6.08. The number of nitrogens with zero attached hydrogens (tertiary/aromatic N) is 5. The Balaban J connectivity index is 1.31. The van der Waals surface area contributed by atoms with Crippen molar-refractivity contribution in [3.8, 4) is 11.6 Å². The number of halogens is 4. The van der Waals surface area contributed by atoms with E-state index in [2.05, 4.69) is 20.7 Å². The Bertz CT molecular complexity index is 1520. The van der Waals surface area contributed by atoms with Gasteiger partial charge in [0.15, 0.2) is 0 Å². The van der Waals surface area contributed by atoms with E-state index in [4.69, 9.17) is 21.3 Å². The van der Waals surface area contributed by atoms with Crippen LogP contribution in [-0.4, -0.2) is 68.7 Å². The Hall–Kier alpha value is -3.58. The first-order chi connectivity index (χ1) is 21.5. The normalized spacial score (nSPS) is 21.2. The Kier molecular flexibility index (Phi) is 8.84. The number of aryl methyl sites for hydroxylation is 1. The molecule has 4 heterocycles. The molecule has 2 unspecified atom stereocenters. The summed E-state index contributed by atoms with van der Waals surface area (Å²) < 4.78 is 51.4. The molecular weight excluding hydrogens is 611 g/mol. The number of rotatable bonds is 8. The fourth-order valence-electron chi connectivity index (χ4n) is 6.73. The third kappa shape index (κ3) is 7.14. The van der Waals surface area contributed by atoms with Crippen molar-refractivity contribution in [1.82, 2.24) is 25.1 Å². The number of carbonyl (C=O) groups is 1. The van der Waals surface area contributed by atoms with E-state index in [-0.39, 0.29) is 39.6 Å². The molecule has 1 aliphatic carbocycles. The average Bonchev–Trinajstić information content (AvgIpc) is 3.63. The van der Waals surface area contributed by atoms with Crippen LogP contribution in [0.25, 0.3) is 5.69 Å². The van der Waals surface area contributed by atoms with Crippen LogP contribution < -0.4 is 20.3 Å². The molecule has 3 N–H and O–H groups in total. The molecule has 6 rings (SSSR count). The molecule has 242 valence electrons. The number of piperidine rings is 1. The second-order valence-corrected chi connectivity index (χ2v) is 12.9. The minimum absolute atomic E-state index is 0.119. The molecule has 3 aromatic rings. The fraction of sp³-hybridized carbons (Fsp3) is 0.548. The molecule has 3 fully saturated rings. The number of benzene rings is 1. The highest BCUT2D eigenvalue weighted by Crippen LogP contribution is 2.42. The SMILES string of the molecule is Cc1ccn(-c2cc(Cl)ccc2C(Oc2cc(N3CCC4(CC3)CNC(C(=O)O)C4)nc(NC3CCCCC3)n2)C(F)(F)F)n1. The van der Waals surface area contributed by atoms with Crippen LogP contribution in [-0.2, 0) is 4.79 Å². The van der Waals surface area contributed by atoms with Gasteiger partial charge in [-0.1, -0.05) is 36.9 Å². The molecule has 2 aliphatic heterocycles. The van der Waals surface area contributed by atoms with Crippen LogP contribution in [0.3, 0.4) is 0 Å². The van der Waals surface area contributed by atoms with Crippen molar-refractivity contribution in [3.05, 3.63) is 52.8 Å². The van der Waals surface area contributed by atoms with Gasteiger partial charge >= 0.3 is 12.1 Å². The number of aliphatic carboxylic acids is 1. The van der Waals surface area contributed by atoms with Crippen molar-refractivity contribution in [1.29, 1.82) is 0 Å². The molecule has 1 saturated carbocycles. The first kappa shape index (κ1) is 31.4. The van der Waals surface area contributed by atoms with Crippen LogP contribution in [0.2, 0.25) is 5.02 Å². The van der Waals surface area contributed by atoms with Crippen LogP contribution in [0, 0.1) is 12.3 Å². The molecule has 2 atom stereocenters. The summed E-state index contributed by atoms with van der Waals surface area (Å²) in [5.74, 6) is -0.361. The standard InChI is InChI=1S/C31H37ClF3N7O3/c1-19-9-12-42(40-19)24-15-20(32)7-8-22(24)27(31(33,34)35)45-26-16-25(38-29(39-26)37-21-5-3-2-4-6-21)41-13-10-30(11-14-41)17-23(28(43)44)36-18-30/h7-9,12,15-16,21,23,27,36H,2-6,10-11,13-14,17-18H2,1H3,(H,43,44)(H,37,38,39). The topological polar surface area (TPSA) is 117 Å². The number of anilines is 2. The number of carboxylic acids is 1. The molecule has 0 bridgehead atoms. The second-order valence-electron chi connectivity index (χ2n) is 12.5. The van der Waals surface area contributed by atoms with Gasteiger partial charge in [-0.25, -0.2) is 4.68 Å². The molecule has 3 aliphatic rings. The number of hydrogen-bond acceptors (Lipinski definition) is 8. The van der Waals surface area contributed by atoms with Gasteiger partial charge in [0, 0.05) is 48.5 Å². The van der Waals surface area contributed by atoms with Crippen molar-refractivity contribution in [2.45, 2.75) is 82.7 Å². The zero-order valence-corrected chi connectivity index (χ0v) is 25.7. The van der Waals surface area contributed by atoms with Crippen molar-refractivity contribution in [3.63, 3.8) is 0 Å². The smallest absolute Gasteiger partial charge is 0.429 e. The Labute approximate surface area is 264 Å². The Morgan fingerprint density at radius 2 is 1.91 bits per heavy atom. The summed E-state index contributed by atoms with van der Waals surface area (Å²) in [5.41, 5.74) is 0.503. The minimum Gasteiger partial charge on any atom is -0.480 e. The third-order valence-electron chi connectivity index (χ3n) is 9.21. The molecule has 0 radical (unpaired) electrons. The van der Waals surface area contributed by atoms with Crippen LogP contribution in [0.15, 0.2) is 36.5 Å². The van der Waals surface area contributed by atoms with Gasteiger partial charge in [0.25, 0.3) is 0 Å². The molecule has 1 aromatic carbocycles. The number of alkyl halides is 3. The van der Waals surface area contributed by atoms with Crippen LogP contribution in [0.1, 0.15) is 68.7 Å². The molecule has 45 heavy (non-hydrogen) atoms. The Morgan fingerprint density at radius 1 is 1.16 bits per heavy atom. The fourth-order valence-corrected chi connectivity index (χ4v) is 6.89. The van der Waals surface area contributed by atoms with Crippen LogP contribution in [0.4, 0.5) is 24.9 Å². The maximum absolute atomic E-state index is 14.8. The average molecular weight is 648 g/mol. The molecule has 2 saturated heterocycles. The summed E-state index contributed by atoms with van der Waals surface area (Å²) in [5, 5.41) is 20.5. The molecule has 2 aromatic heterocycles. The lowest BCUT2D eigenvalue weighted by Crippen LogP contribution is -2.41. The van der Waals surface area contributed by atoms with Gasteiger partial charge in [-0.05, 0) is 62.6 Å². The molecule has 10 nitrogen and oxygen atoms in total. The molecule has 14 heteroatoms. The van der Waals surface area contributed by atoms with E-state index in [0.717, 1.165) is 44.9 Å². The monoisotopic (exact) mass is 647 g/mol. The van der Waals surface area contributed by atoms with E-state index in [1.165, 1.54) is 28.9 Å². The van der Waals surface area contributed by atoms with Gasteiger partial charge in [0.1, 0.15) is 11.9 Å². The minimum atomic E-state index is -4.79. The van der Waals surface area contributed by atoms with E-state index in [9.17, 15) is 23.1 Å². The van der Waals surface area contributed by atoms with Gasteiger partial charge in [-0.3, -0.25) is 4.79 Å². The maximum atomic E-state index is 14.8. The van der Waals surface area contributed by atoms with E-state index in [1.807, 2.05) is 4.90 Å². The van der Waals surface area contributed by atoms with Crippen LogP contribution >= 0.6 is 11.6 Å². The van der Waals surface area contributed by atoms with Crippen molar-refractivity contribution < 1.29 is 27.8 Å². The lowest BCUT2D eigenvalue weighted by atomic mass is 9.76. The summed E-state index contributed by atoms with van der Waals surface area (Å²) >= 11 is 6.21. The van der Waals surface area contributed by atoms with Crippen LogP contribution in [0.5, 0.6) is 5.88 Å². The van der Waals surface area contributed by atoms with Crippen molar-refractivity contribution >= 4 is 29.3 Å². The predicted molar refractivity (Wildman–Crippen MR) is 163 cm³/mol. The van der Waals surface area contributed by atoms with Gasteiger partial charge in [0.05, 0.1) is 11.4 Å². The lowest BCUT2D eigenvalue weighted by molar-refractivity contribution is -0.198. The highest BCUT2D eigenvalue weighted by molar-refractivity contribution is 6.30. The molecule has 0 amide bonds. The highest BCUT2D eigenvalue weighted by atomic mass is 35.5. The highest BCUT2D eigenvalue weighted by Gasteiger charge is 2.46. The Morgan fingerprint density at radius 3 is 2.56 bits per heavy atom. The quantitative estimate of drug-likeness (QED) is 0.267. The van der Waals surface area contributed by atoms with Crippen molar-refractivity contribution in [2.24, 2.45) is 5.41 Å². The van der Waals surface area contributed by atoms with Gasteiger partial charge in [0.2, 0.25) is 17.9 Å². The molecule has 1 spiro atoms.